The van der Waals surface area contributed by atoms with Crippen LogP contribution in [-0.2, 0) is 5.04 Å². The Kier molecular flexibility index (Phi) is 5.87. The minimum Gasteiger partial charge on any atom is -0.192 e. The number of hydrogen-bond acceptors (Lipinski definition) is 2. The number of rotatable bonds is 4. The van der Waals surface area contributed by atoms with Crippen molar-refractivity contribution in [1.82, 2.24) is 0 Å². The van der Waals surface area contributed by atoms with Crippen molar-refractivity contribution in [2.75, 3.05) is 0 Å². The van der Waals surface area contributed by atoms with Gasteiger partial charge in [-0.1, -0.05) is 98.4 Å². The van der Waals surface area contributed by atoms with Gasteiger partial charge < -0.3 is 0 Å². The van der Waals surface area contributed by atoms with E-state index in [2.05, 4.69) is 111 Å². The zero-order chi connectivity index (χ0) is 24.4. The standard InChI is InChI=1S/C32H24N2Si/c1-32(28-19-15-24(22-34)16-20-28)30(26-11-7-4-8-12-26)29(25-9-5-3-6-10-25)31(35(32)2)27-17-13-23(21-33)14-18-27/h3-20H,1-2H3. The molecule has 0 saturated heterocycles. The molecule has 1 unspecified atom stereocenters. The summed E-state index contributed by atoms with van der Waals surface area (Å²) in [4.78, 5) is 0. The zero-order valence-corrected chi connectivity index (χ0v) is 20.8. The summed E-state index contributed by atoms with van der Waals surface area (Å²) < 4.78 is 0. The van der Waals surface area contributed by atoms with Gasteiger partial charge in [0.15, 0.2) is 0 Å². The minimum absolute atomic E-state index is 0.228. The number of hydrogen-bond donors (Lipinski definition) is 0. The maximum Gasteiger partial charge on any atom is 0.0991 e. The average Bonchev–Trinajstić information content (AvgIpc) is 3.17. The van der Waals surface area contributed by atoms with E-state index in [1.54, 1.807) is 0 Å². The van der Waals surface area contributed by atoms with Crippen molar-refractivity contribution < 1.29 is 0 Å². The molecule has 0 saturated carbocycles. The van der Waals surface area contributed by atoms with Gasteiger partial charge in [0, 0.05) is 13.4 Å². The fourth-order valence-corrected chi connectivity index (χ4v) is 8.23. The second-order valence-electron chi connectivity index (χ2n) is 8.99. The van der Waals surface area contributed by atoms with Crippen molar-refractivity contribution >= 4 is 24.7 Å². The molecule has 0 bridgehead atoms. The van der Waals surface area contributed by atoms with Gasteiger partial charge in [0.1, 0.15) is 0 Å². The first kappa shape index (κ1) is 22.5. The number of nitriles is 2. The Balaban J connectivity index is 1.89. The predicted molar refractivity (Wildman–Crippen MR) is 145 cm³/mol. The van der Waals surface area contributed by atoms with E-state index in [0.717, 1.165) is 0 Å². The van der Waals surface area contributed by atoms with Crippen LogP contribution in [0.4, 0.5) is 0 Å². The molecule has 1 aliphatic rings. The topological polar surface area (TPSA) is 47.6 Å². The molecule has 5 rings (SSSR count). The van der Waals surface area contributed by atoms with Gasteiger partial charge in [0.2, 0.25) is 0 Å². The summed E-state index contributed by atoms with van der Waals surface area (Å²) in [5.41, 5.74) is 8.76. The Bertz CT molecular complexity index is 1530. The highest BCUT2D eigenvalue weighted by molar-refractivity contribution is 6.87. The molecule has 1 heterocycles. The van der Waals surface area contributed by atoms with Crippen LogP contribution in [0.15, 0.2) is 109 Å². The Morgan fingerprint density at radius 2 is 1.09 bits per heavy atom. The Labute approximate surface area is 208 Å². The Morgan fingerprint density at radius 1 is 0.600 bits per heavy atom. The summed E-state index contributed by atoms with van der Waals surface area (Å²) in [5, 5.41) is 19.9. The third kappa shape index (κ3) is 3.77. The van der Waals surface area contributed by atoms with E-state index in [1.807, 2.05) is 24.3 Å². The van der Waals surface area contributed by atoms with Crippen LogP contribution in [0.5, 0.6) is 0 Å². The highest BCUT2D eigenvalue weighted by Crippen LogP contribution is 2.49. The number of allylic oxidation sites excluding steroid dienone is 2. The van der Waals surface area contributed by atoms with Gasteiger partial charge >= 0.3 is 0 Å². The van der Waals surface area contributed by atoms with Gasteiger partial charge in [-0.15, -0.1) is 0 Å². The lowest BCUT2D eigenvalue weighted by atomic mass is 9.80. The SMILES string of the molecule is C[Si]1=C(c2ccc(C#N)cc2)C(c2ccccc2)=C(c2ccccc2)C1(C)c1ccc(C#N)cc1. The normalized spacial score (nSPS) is 17.3. The third-order valence-corrected chi connectivity index (χ3v) is 10.5. The minimum atomic E-state index is -1.19. The van der Waals surface area contributed by atoms with Crippen molar-refractivity contribution in [3.8, 4) is 12.1 Å². The lowest BCUT2D eigenvalue weighted by molar-refractivity contribution is 0.873. The summed E-state index contributed by atoms with van der Waals surface area (Å²) in [7, 11) is -1.19. The van der Waals surface area contributed by atoms with Crippen LogP contribution in [-0.4, -0.2) is 13.6 Å². The highest BCUT2D eigenvalue weighted by atomic mass is 28.2. The molecule has 0 N–H and O–H groups in total. The quantitative estimate of drug-likeness (QED) is 0.313. The second-order valence-corrected chi connectivity index (χ2v) is 11.7. The maximum atomic E-state index is 9.38. The van der Waals surface area contributed by atoms with Crippen molar-refractivity contribution in [1.29, 1.82) is 10.5 Å². The first-order chi connectivity index (χ1) is 17.1. The molecule has 1 aliphatic heterocycles. The van der Waals surface area contributed by atoms with E-state index in [0.29, 0.717) is 11.1 Å². The van der Waals surface area contributed by atoms with E-state index in [1.165, 1.54) is 38.6 Å². The van der Waals surface area contributed by atoms with Gasteiger partial charge in [0.25, 0.3) is 0 Å². The van der Waals surface area contributed by atoms with Crippen LogP contribution in [0, 0.1) is 22.7 Å². The molecule has 4 aromatic rings. The molecular weight excluding hydrogens is 440 g/mol. The molecule has 2 nitrogen and oxygen atoms in total. The molecule has 0 spiro atoms. The van der Waals surface area contributed by atoms with Crippen molar-refractivity contribution in [3.05, 3.63) is 143 Å². The van der Waals surface area contributed by atoms with E-state index in [9.17, 15) is 10.5 Å². The predicted octanol–water partition coefficient (Wildman–Crippen LogP) is 6.78. The molecule has 35 heavy (non-hydrogen) atoms. The van der Waals surface area contributed by atoms with Crippen LogP contribution >= 0.6 is 0 Å². The van der Waals surface area contributed by atoms with Crippen molar-refractivity contribution in [3.63, 3.8) is 0 Å². The van der Waals surface area contributed by atoms with Crippen LogP contribution < -0.4 is 0 Å². The van der Waals surface area contributed by atoms with E-state index in [-0.39, 0.29) is 5.04 Å². The van der Waals surface area contributed by atoms with Crippen LogP contribution in [0.1, 0.15) is 40.3 Å². The van der Waals surface area contributed by atoms with Crippen LogP contribution in [0.25, 0.3) is 11.1 Å². The summed E-state index contributed by atoms with van der Waals surface area (Å²) in [6.45, 7) is 4.76. The van der Waals surface area contributed by atoms with Gasteiger partial charge in [-0.2, -0.15) is 10.5 Å². The lowest BCUT2D eigenvalue weighted by Gasteiger charge is -2.32. The summed E-state index contributed by atoms with van der Waals surface area (Å²) in [5.74, 6) is 0. The van der Waals surface area contributed by atoms with Crippen LogP contribution in [0.3, 0.4) is 0 Å². The molecule has 0 aromatic heterocycles. The molecule has 0 aliphatic carbocycles. The second kappa shape index (κ2) is 9.14. The van der Waals surface area contributed by atoms with Gasteiger partial charge in [-0.25, -0.2) is 0 Å². The van der Waals surface area contributed by atoms with Crippen molar-refractivity contribution in [2.45, 2.75) is 18.5 Å². The summed E-state index contributed by atoms with van der Waals surface area (Å²) >= 11 is 0. The molecular formula is C32H24N2Si. The lowest BCUT2D eigenvalue weighted by Crippen LogP contribution is -2.34. The molecule has 3 heteroatoms. The van der Waals surface area contributed by atoms with Gasteiger partial charge in [-0.3, -0.25) is 0 Å². The van der Waals surface area contributed by atoms with Crippen molar-refractivity contribution in [2.24, 2.45) is 0 Å². The fourth-order valence-electron chi connectivity index (χ4n) is 5.24. The Hall–Kier alpha value is -4.31. The molecule has 0 radical (unpaired) electrons. The van der Waals surface area contributed by atoms with E-state index in [4.69, 9.17) is 0 Å². The largest absolute Gasteiger partial charge is 0.192 e. The highest BCUT2D eigenvalue weighted by Gasteiger charge is 2.44. The number of benzene rings is 4. The maximum absolute atomic E-state index is 9.38. The fraction of sp³-hybridized carbons (Fsp3) is 0.0938. The number of nitrogens with zero attached hydrogens (tertiary/aromatic N) is 2. The van der Waals surface area contributed by atoms with Crippen LogP contribution in [0.2, 0.25) is 6.55 Å². The zero-order valence-electron chi connectivity index (χ0n) is 19.8. The molecule has 0 amide bonds. The summed E-state index contributed by atoms with van der Waals surface area (Å²) in [6.07, 6.45) is 0. The van der Waals surface area contributed by atoms with Gasteiger partial charge in [-0.05, 0) is 62.8 Å². The smallest absolute Gasteiger partial charge is 0.0991 e. The van der Waals surface area contributed by atoms with E-state index >= 15 is 0 Å². The first-order valence-corrected chi connectivity index (χ1v) is 13.7. The Morgan fingerprint density at radius 3 is 1.60 bits per heavy atom. The summed E-state index contributed by atoms with van der Waals surface area (Å²) in [6, 6.07) is 42.0. The van der Waals surface area contributed by atoms with E-state index < -0.39 is 8.41 Å². The monoisotopic (exact) mass is 464 g/mol. The molecule has 0 fully saturated rings. The first-order valence-electron chi connectivity index (χ1n) is 11.7. The van der Waals surface area contributed by atoms with Gasteiger partial charge in [0.05, 0.1) is 23.3 Å². The molecule has 166 valence electrons. The molecule has 1 atom stereocenters. The third-order valence-electron chi connectivity index (χ3n) is 7.14. The average molecular weight is 465 g/mol. The molecule has 4 aromatic carbocycles.